The molecule has 0 radical (unpaired) electrons. The van der Waals surface area contributed by atoms with Crippen molar-refractivity contribution in [3.63, 3.8) is 0 Å². The summed E-state index contributed by atoms with van der Waals surface area (Å²) in [5.41, 5.74) is -1.08. The first-order chi connectivity index (χ1) is 8.67. The van der Waals surface area contributed by atoms with Crippen molar-refractivity contribution in [3.8, 4) is 0 Å². The van der Waals surface area contributed by atoms with Gasteiger partial charge in [-0.3, -0.25) is 4.79 Å². The lowest BCUT2D eigenvalue weighted by Crippen LogP contribution is -2.23. The molecule has 1 fully saturated rings. The highest BCUT2D eigenvalue weighted by molar-refractivity contribution is 7.91. The summed E-state index contributed by atoms with van der Waals surface area (Å²) >= 11 is 0.651. The van der Waals surface area contributed by atoms with E-state index in [0.29, 0.717) is 11.3 Å². The zero-order valence-corrected chi connectivity index (χ0v) is 11.0. The fourth-order valence-electron chi connectivity index (χ4n) is 1.67. The molecule has 1 amide bonds. The van der Waals surface area contributed by atoms with Crippen LogP contribution in [0, 0.1) is 5.92 Å². The van der Waals surface area contributed by atoms with E-state index in [0.717, 1.165) is 5.38 Å². The van der Waals surface area contributed by atoms with Crippen molar-refractivity contribution in [3.05, 3.63) is 11.1 Å². The number of nitrogens with zero attached hydrogens (tertiary/aromatic N) is 1. The lowest BCUT2D eigenvalue weighted by molar-refractivity contribution is -0.140. The van der Waals surface area contributed by atoms with Gasteiger partial charge in [0, 0.05) is 5.38 Å². The van der Waals surface area contributed by atoms with E-state index in [2.05, 4.69) is 10.3 Å². The third-order valence-corrected chi connectivity index (χ3v) is 5.15. The van der Waals surface area contributed by atoms with Crippen LogP contribution in [0.5, 0.6) is 0 Å². The van der Waals surface area contributed by atoms with Gasteiger partial charge in [-0.05, 0) is 6.42 Å². The van der Waals surface area contributed by atoms with Gasteiger partial charge in [0.25, 0.3) is 0 Å². The van der Waals surface area contributed by atoms with Gasteiger partial charge in [0.2, 0.25) is 5.91 Å². The fraction of sp³-hybridized carbons (Fsp3) is 0.556. The number of amides is 1. The van der Waals surface area contributed by atoms with Gasteiger partial charge in [-0.25, -0.2) is 13.4 Å². The van der Waals surface area contributed by atoms with Gasteiger partial charge in [-0.15, -0.1) is 11.3 Å². The maximum Gasteiger partial charge on any atom is 0.434 e. The zero-order valence-electron chi connectivity index (χ0n) is 9.40. The highest BCUT2D eigenvalue weighted by Crippen LogP contribution is 2.32. The summed E-state index contributed by atoms with van der Waals surface area (Å²) in [6.45, 7) is 0. The molecule has 1 aliphatic heterocycles. The molecule has 10 heteroatoms. The van der Waals surface area contributed by atoms with E-state index < -0.39 is 33.5 Å². The number of sulfone groups is 1. The van der Waals surface area contributed by atoms with Crippen LogP contribution in [0.3, 0.4) is 0 Å². The maximum atomic E-state index is 12.3. The van der Waals surface area contributed by atoms with E-state index in [1.54, 1.807) is 0 Å². The number of hydrogen-bond acceptors (Lipinski definition) is 5. The number of anilines is 1. The van der Waals surface area contributed by atoms with E-state index in [-0.39, 0.29) is 23.1 Å². The smallest absolute Gasteiger partial charge is 0.302 e. The Hall–Kier alpha value is -1.16. The molecule has 0 spiro atoms. The van der Waals surface area contributed by atoms with Crippen LogP contribution in [0.25, 0.3) is 0 Å². The molecule has 0 saturated carbocycles. The normalized spacial score (nSPS) is 22.4. The predicted octanol–water partition coefficient (Wildman–Crippen LogP) is 1.54. The molecule has 1 saturated heterocycles. The SMILES string of the molecule is O=C(Nc1nc(C(F)(F)F)cs1)C1CCS(=O)(=O)C1. The average molecular weight is 314 g/mol. The van der Waals surface area contributed by atoms with Crippen molar-refractivity contribution < 1.29 is 26.4 Å². The highest BCUT2D eigenvalue weighted by Gasteiger charge is 2.35. The first kappa shape index (κ1) is 14.3. The van der Waals surface area contributed by atoms with Crippen LogP contribution in [0.2, 0.25) is 0 Å². The molecule has 2 rings (SSSR count). The number of nitrogens with one attached hydrogen (secondary N) is 1. The summed E-state index contributed by atoms with van der Waals surface area (Å²) in [6, 6.07) is 0. The minimum Gasteiger partial charge on any atom is -0.302 e. The minimum absolute atomic E-state index is 0.0727. The number of carbonyl (C=O) groups is 1. The number of aromatic nitrogens is 1. The molecule has 0 bridgehead atoms. The number of carbonyl (C=O) groups excluding carboxylic acids is 1. The average Bonchev–Trinajstić information content (AvgIpc) is 2.83. The molecule has 1 unspecified atom stereocenters. The molecule has 1 aliphatic rings. The van der Waals surface area contributed by atoms with Crippen molar-refractivity contribution in [1.29, 1.82) is 0 Å². The fourth-order valence-corrected chi connectivity index (χ4v) is 4.13. The molecule has 19 heavy (non-hydrogen) atoms. The molecular formula is C9H9F3N2O3S2. The molecule has 0 aromatic carbocycles. The van der Waals surface area contributed by atoms with Crippen molar-refractivity contribution in [2.75, 3.05) is 16.8 Å². The second kappa shape index (κ2) is 4.75. The van der Waals surface area contributed by atoms with Crippen molar-refractivity contribution in [1.82, 2.24) is 4.98 Å². The van der Waals surface area contributed by atoms with Crippen LogP contribution in [0.4, 0.5) is 18.3 Å². The number of halogens is 3. The summed E-state index contributed by atoms with van der Waals surface area (Å²) < 4.78 is 59.3. The van der Waals surface area contributed by atoms with Crippen molar-refractivity contribution in [2.45, 2.75) is 12.6 Å². The Morgan fingerprint density at radius 3 is 2.63 bits per heavy atom. The van der Waals surface area contributed by atoms with Crippen LogP contribution in [0.1, 0.15) is 12.1 Å². The third-order valence-electron chi connectivity index (χ3n) is 2.63. The predicted molar refractivity (Wildman–Crippen MR) is 62.5 cm³/mol. The first-order valence-corrected chi connectivity index (χ1v) is 7.91. The van der Waals surface area contributed by atoms with E-state index >= 15 is 0 Å². The molecule has 1 N–H and O–H groups in total. The molecule has 106 valence electrons. The van der Waals surface area contributed by atoms with Gasteiger partial charge in [-0.1, -0.05) is 0 Å². The second-order valence-electron chi connectivity index (χ2n) is 4.12. The Kier molecular flexibility index (Phi) is 3.56. The summed E-state index contributed by atoms with van der Waals surface area (Å²) in [7, 11) is -3.21. The molecule has 0 aliphatic carbocycles. The van der Waals surface area contributed by atoms with Gasteiger partial charge in [0.05, 0.1) is 17.4 Å². The minimum atomic E-state index is -4.56. The molecule has 2 heterocycles. The highest BCUT2D eigenvalue weighted by atomic mass is 32.2. The van der Waals surface area contributed by atoms with E-state index in [1.807, 2.05) is 0 Å². The summed E-state index contributed by atoms with van der Waals surface area (Å²) in [4.78, 5) is 14.9. The third kappa shape index (κ3) is 3.44. The summed E-state index contributed by atoms with van der Waals surface area (Å²) in [6.07, 6.45) is -4.37. The van der Waals surface area contributed by atoms with Crippen molar-refractivity contribution >= 4 is 32.2 Å². The molecule has 1 aromatic heterocycles. The van der Waals surface area contributed by atoms with Gasteiger partial charge < -0.3 is 5.32 Å². The Labute approximate surface area is 110 Å². The first-order valence-electron chi connectivity index (χ1n) is 5.21. The lowest BCUT2D eigenvalue weighted by Gasteiger charge is -2.06. The van der Waals surface area contributed by atoms with E-state index in [1.165, 1.54) is 0 Å². The largest absolute Gasteiger partial charge is 0.434 e. The van der Waals surface area contributed by atoms with Crippen molar-refractivity contribution in [2.24, 2.45) is 5.92 Å². The van der Waals surface area contributed by atoms with Gasteiger partial charge >= 0.3 is 6.18 Å². The van der Waals surface area contributed by atoms with Crippen LogP contribution in [-0.2, 0) is 20.8 Å². The van der Waals surface area contributed by atoms with Gasteiger partial charge in [-0.2, -0.15) is 13.2 Å². The number of alkyl halides is 3. The summed E-state index contributed by atoms with van der Waals surface area (Å²) in [5, 5.41) is 2.83. The van der Waals surface area contributed by atoms with Crippen LogP contribution in [-0.4, -0.2) is 30.8 Å². The van der Waals surface area contributed by atoms with Crippen LogP contribution < -0.4 is 5.32 Å². The maximum absolute atomic E-state index is 12.3. The Bertz CT molecular complexity index is 594. The Morgan fingerprint density at radius 1 is 1.47 bits per heavy atom. The number of thiazole rings is 1. The monoisotopic (exact) mass is 314 g/mol. The van der Waals surface area contributed by atoms with E-state index in [9.17, 15) is 26.4 Å². The summed E-state index contributed by atoms with van der Waals surface area (Å²) in [5.74, 6) is -1.67. The second-order valence-corrected chi connectivity index (χ2v) is 7.21. The van der Waals surface area contributed by atoms with Gasteiger partial charge in [0.15, 0.2) is 20.7 Å². The quantitative estimate of drug-likeness (QED) is 0.898. The van der Waals surface area contributed by atoms with E-state index in [4.69, 9.17) is 0 Å². The standard InChI is InChI=1S/C9H9F3N2O3S2/c10-9(11,12)6-3-18-8(13-6)14-7(15)5-1-2-19(16,17)4-5/h3,5H,1-2,4H2,(H,13,14,15). The zero-order chi connectivity index (χ0) is 14.3. The molecular weight excluding hydrogens is 305 g/mol. The molecule has 1 atom stereocenters. The Morgan fingerprint density at radius 2 is 2.16 bits per heavy atom. The number of hydrogen-bond donors (Lipinski definition) is 1. The van der Waals surface area contributed by atoms with Crippen LogP contribution in [0.15, 0.2) is 5.38 Å². The lowest BCUT2D eigenvalue weighted by atomic mass is 10.1. The molecule has 1 aromatic rings. The van der Waals surface area contributed by atoms with Crippen LogP contribution >= 0.6 is 11.3 Å². The number of rotatable bonds is 2. The topological polar surface area (TPSA) is 76.1 Å². The Balaban J connectivity index is 2.02. The molecule has 5 nitrogen and oxygen atoms in total. The van der Waals surface area contributed by atoms with Gasteiger partial charge in [0.1, 0.15) is 0 Å².